The van der Waals surface area contributed by atoms with Gasteiger partial charge in [0.2, 0.25) is 35.4 Å². The smallest absolute Gasteiger partial charge is 0.320 e. The highest BCUT2D eigenvalue weighted by atomic mass is 16.4. The Morgan fingerprint density at radius 2 is 1.19 bits per heavy atom. The number of unbranched alkanes of at least 4 members (excludes halogenated alkanes) is 1. The van der Waals surface area contributed by atoms with E-state index in [0.717, 1.165) is 0 Å². The van der Waals surface area contributed by atoms with Crippen LogP contribution in [0.4, 0.5) is 0 Å². The van der Waals surface area contributed by atoms with Gasteiger partial charge in [0.05, 0.1) is 26.1 Å². The molecule has 0 aliphatic carbocycles. The summed E-state index contributed by atoms with van der Waals surface area (Å²) in [7, 11) is 0. The molecule has 1 aromatic carbocycles. The molecule has 2 saturated heterocycles. The summed E-state index contributed by atoms with van der Waals surface area (Å²) in [6, 6.07) is 1.71. The van der Waals surface area contributed by atoms with Crippen molar-refractivity contribution in [1.29, 1.82) is 5.41 Å². The van der Waals surface area contributed by atoms with E-state index in [9.17, 15) is 68.4 Å². The highest BCUT2D eigenvalue weighted by molar-refractivity contribution is 5.98. The van der Waals surface area contributed by atoms with E-state index in [1.807, 2.05) is 0 Å². The fourth-order valence-corrected chi connectivity index (χ4v) is 7.55. The van der Waals surface area contributed by atoms with E-state index in [0.29, 0.717) is 5.56 Å². The van der Waals surface area contributed by atoms with Crippen LogP contribution < -0.4 is 43.0 Å². The van der Waals surface area contributed by atoms with Crippen LogP contribution in [0.1, 0.15) is 56.9 Å². The molecule has 2 aliphatic heterocycles. The lowest BCUT2D eigenvalue weighted by atomic mass is 10.0. The van der Waals surface area contributed by atoms with Gasteiger partial charge in [-0.2, -0.15) is 0 Å². The topological polar surface area (TPSA) is 395 Å². The first kappa shape index (κ1) is 55.4. The largest absolute Gasteiger partial charge is 0.481 e. The molecule has 1 aromatic rings. The molecule has 0 radical (unpaired) electrons. The van der Waals surface area contributed by atoms with Crippen molar-refractivity contribution in [3.05, 3.63) is 35.9 Å². The third kappa shape index (κ3) is 21.1. The Hall–Kier alpha value is -6.93. The van der Waals surface area contributed by atoms with Gasteiger partial charge in [-0.15, -0.1) is 0 Å². The second-order valence-corrected chi connectivity index (χ2v) is 16.4. The summed E-state index contributed by atoms with van der Waals surface area (Å²) in [5, 5.41) is 63.5. The lowest BCUT2D eigenvalue weighted by molar-refractivity contribution is -0.145. The molecule has 0 aromatic heterocycles. The molecule has 14 N–H and O–H groups in total. The molecule has 5 atom stereocenters. The van der Waals surface area contributed by atoms with E-state index in [1.54, 1.807) is 45.0 Å². The lowest BCUT2D eigenvalue weighted by Gasteiger charge is -2.30. The fraction of sp³-hybridized carbons (Fsp3) is 0.595. The number of nitrogens with two attached hydrogens (primary N) is 1. The first-order valence-electron chi connectivity index (χ1n) is 22.2. The minimum Gasteiger partial charge on any atom is -0.481 e. The average Bonchev–Trinajstić information content (AvgIpc) is 3.35. The van der Waals surface area contributed by atoms with E-state index in [-0.39, 0.29) is 123 Å². The van der Waals surface area contributed by atoms with Crippen LogP contribution in [0.5, 0.6) is 0 Å². The number of rotatable bonds is 22. The molecule has 2 heterocycles. The standard InChI is InChI=1S/C42H64N12O14/c43-42(44)46-14-6-10-27-38(64)49-28(39(65)50-29(21-26-7-2-1-3-8-26)40(66)51-30(22-34(57)58)37(63)47-23-33(56)48-27)9-4-5-13-45-32(55)12-11-31(41(67)68)54-19-17-52(24-35(59)60)15-16-53(18-20-54)25-36(61)62/h1-3,7-8,27-31H,4-6,9-25H2,(H,45,55)(H,47,63)(H,48,56)(H,49,64)(H,50,65)(H,51,66)(H,57,58)(H,59,60)(H,61,62)(H,67,68)(H4,43,44,46)/t27-,28-,29+,30-,31?/m1/s1. The number of carbonyl (C=O) groups is 10. The maximum atomic E-state index is 14.1. The van der Waals surface area contributed by atoms with E-state index >= 15 is 0 Å². The van der Waals surface area contributed by atoms with Gasteiger partial charge in [-0.05, 0) is 44.1 Å². The second kappa shape index (κ2) is 29.0. The Bertz CT molecular complexity index is 1910. The molecule has 26 heteroatoms. The Labute approximate surface area is 392 Å². The van der Waals surface area contributed by atoms with Gasteiger partial charge in [0, 0.05) is 65.2 Å². The zero-order valence-electron chi connectivity index (χ0n) is 37.7. The summed E-state index contributed by atoms with van der Waals surface area (Å²) in [5.41, 5.74) is 5.95. The van der Waals surface area contributed by atoms with Crippen molar-refractivity contribution < 1.29 is 68.4 Å². The molecular weight excluding hydrogens is 897 g/mol. The number of hydrogen-bond donors (Lipinski definition) is 13. The molecule has 68 heavy (non-hydrogen) atoms. The van der Waals surface area contributed by atoms with Gasteiger partial charge in [0.1, 0.15) is 30.2 Å². The summed E-state index contributed by atoms with van der Waals surface area (Å²) in [6.07, 6.45) is -0.681. The SMILES string of the molecule is N=C(N)NCCC[C@H]1NC(=O)CNC(=O)[C@@H](CC(=O)O)NC(=O)[C@H](Cc2ccccc2)NC(=O)[C@@H](CCCCNC(=O)CCC(C(=O)O)N2CCN(CC(=O)O)CCN(CC(=O)O)CC2)NC1=O. The van der Waals surface area contributed by atoms with Gasteiger partial charge in [0.15, 0.2) is 5.96 Å². The van der Waals surface area contributed by atoms with Crippen LogP contribution in [-0.4, -0.2) is 203 Å². The number of guanidine groups is 1. The molecule has 6 amide bonds. The number of amides is 6. The first-order valence-corrected chi connectivity index (χ1v) is 22.2. The third-order valence-electron chi connectivity index (χ3n) is 11.1. The molecule has 2 aliphatic rings. The fourth-order valence-electron chi connectivity index (χ4n) is 7.55. The maximum Gasteiger partial charge on any atom is 0.320 e. The highest BCUT2D eigenvalue weighted by Gasteiger charge is 2.34. The molecule has 376 valence electrons. The van der Waals surface area contributed by atoms with Gasteiger partial charge in [-0.3, -0.25) is 68.1 Å². The molecule has 2 fully saturated rings. The Kier molecular flexibility index (Phi) is 23.6. The quantitative estimate of drug-likeness (QED) is 0.0297. The van der Waals surface area contributed by atoms with Gasteiger partial charge in [-0.25, -0.2) is 0 Å². The third-order valence-corrected chi connectivity index (χ3v) is 11.1. The maximum absolute atomic E-state index is 14.1. The summed E-state index contributed by atoms with van der Waals surface area (Å²) < 4.78 is 0. The number of carboxylic acid groups (broad SMARTS) is 4. The zero-order chi connectivity index (χ0) is 50.2. The van der Waals surface area contributed by atoms with Gasteiger partial charge in [0.25, 0.3) is 0 Å². The van der Waals surface area contributed by atoms with Crippen molar-refractivity contribution in [3.8, 4) is 0 Å². The van der Waals surface area contributed by atoms with E-state index in [1.165, 1.54) is 0 Å². The number of carboxylic acids is 4. The predicted octanol–water partition coefficient (Wildman–Crippen LogP) is -4.36. The Balaban J connectivity index is 1.75. The number of nitrogens with one attached hydrogen (secondary N) is 8. The van der Waals surface area contributed by atoms with Crippen molar-refractivity contribution in [2.24, 2.45) is 5.73 Å². The molecule has 0 saturated carbocycles. The van der Waals surface area contributed by atoms with Crippen LogP contribution in [0, 0.1) is 5.41 Å². The van der Waals surface area contributed by atoms with Crippen LogP contribution in [-0.2, 0) is 54.4 Å². The average molecular weight is 961 g/mol. The predicted molar refractivity (Wildman–Crippen MR) is 240 cm³/mol. The van der Waals surface area contributed by atoms with Crippen molar-refractivity contribution in [2.45, 2.75) is 88.0 Å². The minimum atomic E-state index is -1.65. The van der Waals surface area contributed by atoms with E-state index in [4.69, 9.17) is 11.1 Å². The Morgan fingerprint density at radius 3 is 1.76 bits per heavy atom. The van der Waals surface area contributed by atoms with Gasteiger partial charge >= 0.3 is 23.9 Å². The highest BCUT2D eigenvalue weighted by Crippen LogP contribution is 2.13. The van der Waals surface area contributed by atoms with Crippen molar-refractivity contribution in [2.75, 3.05) is 72.0 Å². The van der Waals surface area contributed by atoms with Crippen LogP contribution in [0.2, 0.25) is 0 Å². The van der Waals surface area contributed by atoms with Crippen LogP contribution in [0.3, 0.4) is 0 Å². The summed E-state index contributed by atoms with van der Waals surface area (Å²) >= 11 is 0. The summed E-state index contributed by atoms with van der Waals surface area (Å²) in [5.74, 6) is -10.0. The zero-order valence-corrected chi connectivity index (χ0v) is 37.7. The van der Waals surface area contributed by atoms with Gasteiger partial charge in [-0.1, -0.05) is 30.3 Å². The monoisotopic (exact) mass is 960 g/mol. The van der Waals surface area contributed by atoms with Crippen LogP contribution >= 0.6 is 0 Å². The molecular formula is C42H64N12O14. The van der Waals surface area contributed by atoms with E-state index < -0.39 is 102 Å². The Morgan fingerprint density at radius 1 is 0.662 bits per heavy atom. The first-order chi connectivity index (χ1) is 32.3. The molecule has 3 rings (SSSR count). The van der Waals surface area contributed by atoms with Gasteiger partial charge < -0.3 is 63.4 Å². The molecule has 26 nitrogen and oxygen atoms in total. The molecule has 0 spiro atoms. The number of aliphatic carboxylic acids is 4. The summed E-state index contributed by atoms with van der Waals surface area (Å²) in [4.78, 5) is 133. The van der Waals surface area contributed by atoms with Crippen molar-refractivity contribution in [3.63, 3.8) is 0 Å². The molecule has 0 bridgehead atoms. The van der Waals surface area contributed by atoms with Crippen LogP contribution in [0.25, 0.3) is 0 Å². The number of carbonyl (C=O) groups excluding carboxylic acids is 6. The van der Waals surface area contributed by atoms with Crippen molar-refractivity contribution >= 4 is 65.3 Å². The van der Waals surface area contributed by atoms with Crippen molar-refractivity contribution in [1.82, 2.24) is 51.9 Å². The molecule has 1 unspecified atom stereocenters. The summed E-state index contributed by atoms with van der Waals surface area (Å²) in [6.45, 7) is 0.0922. The van der Waals surface area contributed by atoms with Crippen LogP contribution in [0.15, 0.2) is 30.3 Å². The number of benzene rings is 1. The normalized spacial score (nSPS) is 21.3. The number of nitrogens with zero attached hydrogens (tertiary/aromatic N) is 3. The van der Waals surface area contributed by atoms with E-state index in [2.05, 4.69) is 37.2 Å². The second-order valence-electron chi connectivity index (χ2n) is 16.4. The number of hydrogen-bond acceptors (Lipinski definition) is 14. The minimum absolute atomic E-state index is 0.0166. The lowest BCUT2D eigenvalue weighted by Crippen LogP contribution is -2.58.